The van der Waals surface area contributed by atoms with Gasteiger partial charge in [0, 0.05) is 39.1 Å². The summed E-state index contributed by atoms with van der Waals surface area (Å²) in [6.07, 6.45) is 2.07. The molecule has 2 saturated heterocycles. The molecule has 0 aromatic heterocycles. The summed E-state index contributed by atoms with van der Waals surface area (Å²) in [7, 11) is 1.63. The number of piperidine rings is 2. The van der Waals surface area contributed by atoms with Crippen LogP contribution in [0.2, 0.25) is 0 Å². The third-order valence-electron chi connectivity index (χ3n) is 4.08. The van der Waals surface area contributed by atoms with Crippen LogP contribution in [-0.2, 0) is 9.59 Å². The van der Waals surface area contributed by atoms with Crippen LogP contribution in [0.3, 0.4) is 0 Å². The van der Waals surface area contributed by atoms with Gasteiger partial charge in [0.25, 0.3) is 0 Å². The minimum absolute atomic E-state index is 0.0435. The molecule has 7 heteroatoms. The number of fused-ring (bicyclic) bond motifs is 1. The highest BCUT2D eigenvalue weighted by Crippen LogP contribution is 2.25. The first-order chi connectivity index (χ1) is 9.47. The summed E-state index contributed by atoms with van der Waals surface area (Å²) in [6, 6.07) is 0.0613. The molecule has 2 aliphatic heterocycles. The average Bonchev–Trinajstić information content (AvgIpc) is 2.43. The predicted octanol–water partition coefficient (Wildman–Crippen LogP) is 0.113. The largest absolute Gasteiger partial charge is 0.481 e. The number of carboxylic acid groups (broad SMARTS) is 1. The van der Waals surface area contributed by atoms with E-state index in [4.69, 9.17) is 5.11 Å². The molecular formula is C13H21N3O4. The number of nitrogens with one attached hydrogen (secondary N) is 1. The van der Waals surface area contributed by atoms with Gasteiger partial charge < -0.3 is 20.2 Å². The van der Waals surface area contributed by atoms with E-state index in [0.717, 1.165) is 12.8 Å². The first-order valence-electron chi connectivity index (χ1n) is 6.98. The van der Waals surface area contributed by atoms with Crippen LogP contribution >= 0.6 is 0 Å². The number of urea groups is 1. The van der Waals surface area contributed by atoms with E-state index in [1.165, 1.54) is 4.90 Å². The van der Waals surface area contributed by atoms with Crippen LogP contribution in [0.15, 0.2) is 0 Å². The quantitative estimate of drug-likeness (QED) is 0.769. The molecule has 0 spiro atoms. The highest BCUT2D eigenvalue weighted by Gasteiger charge is 2.35. The van der Waals surface area contributed by atoms with E-state index < -0.39 is 5.97 Å². The van der Waals surface area contributed by atoms with Gasteiger partial charge >= 0.3 is 12.0 Å². The van der Waals surface area contributed by atoms with Gasteiger partial charge in [0.1, 0.15) is 0 Å². The van der Waals surface area contributed by atoms with E-state index in [1.807, 2.05) is 0 Å². The van der Waals surface area contributed by atoms with Crippen molar-refractivity contribution < 1.29 is 19.5 Å². The zero-order chi connectivity index (χ0) is 14.7. The van der Waals surface area contributed by atoms with Crippen molar-refractivity contribution in [2.75, 3.05) is 26.7 Å². The molecule has 2 fully saturated rings. The zero-order valence-electron chi connectivity index (χ0n) is 11.7. The maximum absolute atomic E-state index is 12.2. The number of carbonyl (C=O) groups excluding carboxylic acids is 2. The fourth-order valence-corrected chi connectivity index (χ4v) is 2.88. The lowest BCUT2D eigenvalue weighted by Crippen LogP contribution is -2.56. The molecule has 7 nitrogen and oxygen atoms in total. The van der Waals surface area contributed by atoms with Gasteiger partial charge in [0.05, 0.1) is 6.42 Å². The number of hydrogen-bond donors (Lipinski definition) is 2. The lowest BCUT2D eigenvalue weighted by Gasteiger charge is -2.42. The van der Waals surface area contributed by atoms with Crippen molar-refractivity contribution in [2.45, 2.75) is 31.7 Å². The van der Waals surface area contributed by atoms with Crippen molar-refractivity contribution in [1.82, 2.24) is 15.1 Å². The highest BCUT2D eigenvalue weighted by molar-refractivity contribution is 5.78. The molecule has 0 aromatic carbocycles. The van der Waals surface area contributed by atoms with Crippen molar-refractivity contribution in [3.8, 4) is 0 Å². The zero-order valence-corrected chi connectivity index (χ0v) is 11.7. The third kappa shape index (κ3) is 3.40. The van der Waals surface area contributed by atoms with Crippen molar-refractivity contribution >= 4 is 17.9 Å². The molecule has 0 aromatic rings. The summed E-state index contributed by atoms with van der Waals surface area (Å²) >= 11 is 0. The average molecular weight is 283 g/mol. The molecule has 3 amide bonds. The van der Waals surface area contributed by atoms with Crippen LogP contribution in [0.25, 0.3) is 0 Å². The van der Waals surface area contributed by atoms with Crippen LogP contribution < -0.4 is 5.32 Å². The van der Waals surface area contributed by atoms with Crippen molar-refractivity contribution in [3.05, 3.63) is 0 Å². The summed E-state index contributed by atoms with van der Waals surface area (Å²) in [6.45, 7) is 1.47. The molecule has 0 saturated carbocycles. The maximum Gasteiger partial charge on any atom is 0.319 e. The molecular weight excluding hydrogens is 262 g/mol. The molecule has 2 atom stereocenters. The Morgan fingerprint density at radius 3 is 2.90 bits per heavy atom. The van der Waals surface area contributed by atoms with E-state index in [-0.39, 0.29) is 30.9 Å². The van der Waals surface area contributed by atoms with Crippen molar-refractivity contribution in [3.63, 3.8) is 0 Å². The molecule has 112 valence electrons. The smallest absolute Gasteiger partial charge is 0.319 e. The SMILES string of the molecule is CN(CCC(=O)O)C(=O)N1CCC2NC(=O)CCC2C1. The van der Waals surface area contributed by atoms with Gasteiger partial charge in [-0.25, -0.2) is 4.79 Å². The van der Waals surface area contributed by atoms with Gasteiger partial charge in [0.15, 0.2) is 0 Å². The van der Waals surface area contributed by atoms with Gasteiger partial charge in [0.2, 0.25) is 5.91 Å². The molecule has 2 rings (SSSR count). The second-order valence-corrected chi connectivity index (χ2v) is 5.56. The topological polar surface area (TPSA) is 90.0 Å². The van der Waals surface area contributed by atoms with Crippen LogP contribution in [-0.4, -0.2) is 65.5 Å². The summed E-state index contributed by atoms with van der Waals surface area (Å²) in [5.41, 5.74) is 0. The minimum Gasteiger partial charge on any atom is -0.481 e. The Bertz CT molecular complexity index is 412. The summed E-state index contributed by atoms with van der Waals surface area (Å²) in [5, 5.41) is 11.6. The molecule has 0 bridgehead atoms. The van der Waals surface area contributed by atoms with Crippen LogP contribution in [0.5, 0.6) is 0 Å². The predicted molar refractivity (Wildman–Crippen MR) is 71.1 cm³/mol. The number of carbonyl (C=O) groups is 3. The van der Waals surface area contributed by atoms with E-state index in [1.54, 1.807) is 11.9 Å². The van der Waals surface area contributed by atoms with Crippen LogP contribution in [0.4, 0.5) is 4.79 Å². The van der Waals surface area contributed by atoms with Gasteiger partial charge in [-0.3, -0.25) is 9.59 Å². The van der Waals surface area contributed by atoms with Crippen LogP contribution in [0.1, 0.15) is 25.7 Å². The van der Waals surface area contributed by atoms with Crippen molar-refractivity contribution in [1.29, 1.82) is 0 Å². The third-order valence-corrected chi connectivity index (χ3v) is 4.08. The molecule has 2 N–H and O–H groups in total. The molecule has 2 heterocycles. The standard InChI is InChI=1S/C13H21N3O4/c1-15(6-5-12(18)19)13(20)16-7-4-10-9(8-16)2-3-11(17)14-10/h9-10H,2-8H2,1H3,(H,14,17)(H,18,19). The van der Waals surface area contributed by atoms with Gasteiger partial charge in [-0.1, -0.05) is 0 Å². The van der Waals surface area contributed by atoms with E-state index in [0.29, 0.717) is 25.4 Å². The number of likely N-dealkylation sites (tertiary alicyclic amines) is 1. The number of rotatable bonds is 3. The molecule has 0 radical (unpaired) electrons. The van der Waals surface area contributed by atoms with Gasteiger partial charge in [-0.05, 0) is 18.8 Å². The maximum atomic E-state index is 12.2. The second-order valence-electron chi connectivity index (χ2n) is 5.56. The van der Waals surface area contributed by atoms with Gasteiger partial charge in [-0.15, -0.1) is 0 Å². The van der Waals surface area contributed by atoms with Crippen molar-refractivity contribution in [2.24, 2.45) is 5.92 Å². The lowest BCUT2D eigenvalue weighted by atomic mass is 9.85. The number of carboxylic acids is 1. The van der Waals surface area contributed by atoms with Gasteiger partial charge in [-0.2, -0.15) is 0 Å². The van der Waals surface area contributed by atoms with E-state index in [9.17, 15) is 14.4 Å². The number of hydrogen-bond acceptors (Lipinski definition) is 3. The fourth-order valence-electron chi connectivity index (χ4n) is 2.88. The first-order valence-corrected chi connectivity index (χ1v) is 6.98. The minimum atomic E-state index is -0.904. The number of nitrogens with zero attached hydrogens (tertiary/aromatic N) is 2. The van der Waals surface area contributed by atoms with E-state index in [2.05, 4.69) is 5.32 Å². The molecule has 2 aliphatic rings. The Morgan fingerprint density at radius 2 is 2.20 bits per heavy atom. The Kier molecular flexibility index (Phi) is 4.46. The second kappa shape index (κ2) is 6.11. The normalized spacial score (nSPS) is 25.6. The Balaban J connectivity index is 1.86. The Hall–Kier alpha value is -1.79. The monoisotopic (exact) mass is 283 g/mol. The molecule has 0 aliphatic carbocycles. The Morgan fingerprint density at radius 1 is 1.45 bits per heavy atom. The van der Waals surface area contributed by atoms with E-state index >= 15 is 0 Å². The molecule has 2 unspecified atom stereocenters. The fraction of sp³-hybridized carbons (Fsp3) is 0.769. The molecule has 20 heavy (non-hydrogen) atoms. The number of aliphatic carboxylic acids is 1. The summed E-state index contributed by atoms with van der Waals surface area (Å²) in [5.74, 6) is -0.485. The number of amides is 3. The summed E-state index contributed by atoms with van der Waals surface area (Å²) in [4.78, 5) is 37.3. The lowest BCUT2D eigenvalue weighted by molar-refractivity contribution is -0.137. The van der Waals surface area contributed by atoms with Crippen LogP contribution in [0, 0.1) is 5.92 Å². The summed E-state index contributed by atoms with van der Waals surface area (Å²) < 4.78 is 0. The first kappa shape index (κ1) is 14.6. The Labute approximate surface area is 117 Å². The highest BCUT2D eigenvalue weighted by atomic mass is 16.4.